The number of aryl methyl sites for hydroxylation is 1. The van der Waals surface area contributed by atoms with Gasteiger partial charge in [-0.3, -0.25) is 9.59 Å². The quantitative estimate of drug-likeness (QED) is 0.918. The standard InChI is InChI=1S/C19H19NO4/c1-24-14-6-4-5-13(11-14)9-10-18(21)20-12-16(19(22)23)15-7-2-3-8-17(15)20/h2-8,11,16H,9-10,12H2,1H3,(H,22,23). The maximum absolute atomic E-state index is 12.6. The second-order valence-corrected chi connectivity index (χ2v) is 5.81. The van der Waals surface area contributed by atoms with Crippen molar-refractivity contribution in [3.63, 3.8) is 0 Å². The number of carboxylic acid groups (broad SMARTS) is 1. The van der Waals surface area contributed by atoms with E-state index in [4.69, 9.17) is 4.74 Å². The summed E-state index contributed by atoms with van der Waals surface area (Å²) in [5, 5.41) is 9.37. The zero-order chi connectivity index (χ0) is 17.1. The fourth-order valence-electron chi connectivity index (χ4n) is 3.07. The first-order valence-electron chi connectivity index (χ1n) is 7.85. The number of nitrogens with zero attached hydrogens (tertiary/aromatic N) is 1. The number of carbonyl (C=O) groups excluding carboxylic acids is 1. The molecule has 5 nitrogen and oxygen atoms in total. The third kappa shape index (κ3) is 3.11. The molecule has 2 aromatic rings. The first-order valence-corrected chi connectivity index (χ1v) is 7.85. The summed E-state index contributed by atoms with van der Waals surface area (Å²) in [5.41, 5.74) is 2.44. The Kier molecular flexibility index (Phi) is 4.51. The van der Waals surface area contributed by atoms with Gasteiger partial charge in [-0.2, -0.15) is 0 Å². The number of fused-ring (bicyclic) bond motifs is 1. The molecule has 1 unspecified atom stereocenters. The van der Waals surface area contributed by atoms with Crippen LogP contribution in [0.15, 0.2) is 48.5 Å². The Morgan fingerprint density at radius 3 is 2.75 bits per heavy atom. The third-order valence-corrected chi connectivity index (χ3v) is 4.33. The van der Waals surface area contributed by atoms with Gasteiger partial charge in [-0.05, 0) is 35.7 Å². The largest absolute Gasteiger partial charge is 0.497 e. The van der Waals surface area contributed by atoms with E-state index >= 15 is 0 Å². The van der Waals surface area contributed by atoms with Crippen molar-refractivity contribution in [3.8, 4) is 5.75 Å². The van der Waals surface area contributed by atoms with Crippen LogP contribution in [0.4, 0.5) is 5.69 Å². The topological polar surface area (TPSA) is 66.8 Å². The fourth-order valence-corrected chi connectivity index (χ4v) is 3.07. The number of para-hydroxylation sites is 1. The highest BCUT2D eigenvalue weighted by Crippen LogP contribution is 2.36. The maximum atomic E-state index is 12.6. The van der Waals surface area contributed by atoms with Crippen LogP contribution in [-0.4, -0.2) is 30.6 Å². The Morgan fingerprint density at radius 1 is 1.21 bits per heavy atom. The number of aliphatic carboxylic acids is 1. The lowest BCUT2D eigenvalue weighted by Crippen LogP contribution is -2.31. The molecule has 0 saturated carbocycles. The molecule has 1 aliphatic rings. The summed E-state index contributed by atoms with van der Waals surface area (Å²) in [6.45, 7) is 0.200. The van der Waals surface area contributed by atoms with Gasteiger partial charge in [0.15, 0.2) is 0 Å². The molecule has 2 aromatic carbocycles. The van der Waals surface area contributed by atoms with Crippen molar-refractivity contribution in [2.24, 2.45) is 0 Å². The number of methoxy groups -OCH3 is 1. The SMILES string of the molecule is COc1cccc(CCC(=O)N2CC(C(=O)O)c3ccccc32)c1. The molecular formula is C19H19NO4. The van der Waals surface area contributed by atoms with Gasteiger partial charge in [0.2, 0.25) is 5.91 Å². The van der Waals surface area contributed by atoms with E-state index in [2.05, 4.69) is 0 Å². The van der Waals surface area contributed by atoms with E-state index in [0.29, 0.717) is 24.1 Å². The molecule has 0 bridgehead atoms. The van der Waals surface area contributed by atoms with Crippen LogP contribution in [-0.2, 0) is 16.0 Å². The monoisotopic (exact) mass is 325 g/mol. The summed E-state index contributed by atoms with van der Waals surface area (Å²) < 4.78 is 5.19. The third-order valence-electron chi connectivity index (χ3n) is 4.33. The van der Waals surface area contributed by atoms with Gasteiger partial charge in [-0.1, -0.05) is 30.3 Å². The van der Waals surface area contributed by atoms with Gasteiger partial charge in [-0.15, -0.1) is 0 Å². The molecule has 0 fully saturated rings. The van der Waals surface area contributed by atoms with Crippen molar-refractivity contribution in [1.29, 1.82) is 0 Å². The average Bonchev–Trinajstić information content (AvgIpc) is 3.00. The molecule has 0 saturated heterocycles. The minimum atomic E-state index is -0.898. The van der Waals surface area contributed by atoms with Gasteiger partial charge in [0, 0.05) is 18.7 Å². The average molecular weight is 325 g/mol. The number of carboxylic acids is 1. The van der Waals surface area contributed by atoms with Crippen LogP contribution in [0.3, 0.4) is 0 Å². The molecule has 5 heteroatoms. The molecule has 1 atom stereocenters. The highest BCUT2D eigenvalue weighted by atomic mass is 16.5. The summed E-state index contributed by atoms with van der Waals surface area (Å²) in [6, 6.07) is 14.8. The molecule has 1 heterocycles. The molecule has 1 amide bonds. The van der Waals surface area contributed by atoms with Crippen molar-refractivity contribution in [2.75, 3.05) is 18.6 Å². The molecule has 1 N–H and O–H groups in total. The van der Waals surface area contributed by atoms with E-state index < -0.39 is 11.9 Å². The lowest BCUT2D eigenvalue weighted by atomic mass is 10.0. The fraction of sp³-hybridized carbons (Fsp3) is 0.263. The first-order chi connectivity index (χ1) is 11.6. The number of rotatable bonds is 5. The predicted molar refractivity (Wildman–Crippen MR) is 90.5 cm³/mol. The van der Waals surface area contributed by atoms with E-state index in [-0.39, 0.29) is 12.5 Å². The first kappa shape index (κ1) is 16.1. The van der Waals surface area contributed by atoms with Gasteiger partial charge < -0.3 is 14.7 Å². The van der Waals surface area contributed by atoms with Crippen molar-refractivity contribution >= 4 is 17.6 Å². The van der Waals surface area contributed by atoms with E-state index in [1.807, 2.05) is 36.4 Å². The number of anilines is 1. The van der Waals surface area contributed by atoms with Gasteiger partial charge in [0.25, 0.3) is 0 Å². The van der Waals surface area contributed by atoms with Crippen LogP contribution < -0.4 is 9.64 Å². The van der Waals surface area contributed by atoms with Crippen molar-refractivity contribution in [1.82, 2.24) is 0 Å². The van der Waals surface area contributed by atoms with Crippen LogP contribution >= 0.6 is 0 Å². The van der Waals surface area contributed by atoms with E-state index in [0.717, 1.165) is 11.3 Å². The van der Waals surface area contributed by atoms with Crippen molar-refractivity contribution in [3.05, 3.63) is 59.7 Å². The second kappa shape index (κ2) is 6.74. The lowest BCUT2D eigenvalue weighted by Gasteiger charge is -2.17. The maximum Gasteiger partial charge on any atom is 0.312 e. The van der Waals surface area contributed by atoms with Gasteiger partial charge in [-0.25, -0.2) is 0 Å². The van der Waals surface area contributed by atoms with E-state index in [1.54, 1.807) is 24.1 Å². The predicted octanol–water partition coefficient (Wildman–Crippen LogP) is 2.84. The highest BCUT2D eigenvalue weighted by molar-refractivity contribution is 5.99. The summed E-state index contributed by atoms with van der Waals surface area (Å²) >= 11 is 0. The van der Waals surface area contributed by atoms with Gasteiger partial charge in [0.1, 0.15) is 11.7 Å². The van der Waals surface area contributed by atoms with Crippen LogP contribution in [0.25, 0.3) is 0 Å². The van der Waals surface area contributed by atoms with Crippen molar-refractivity contribution < 1.29 is 19.4 Å². The van der Waals surface area contributed by atoms with Crippen LogP contribution in [0.5, 0.6) is 5.75 Å². The Balaban J connectivity index is 1.72. The minimum absolute atomic E-state index is 0.0611. The Morgan fingerprint density at radius 2 is 2.00 bits per heavy atom. The summed E-state index contributed by atoms with van der Waals surface area (Å²) in [6.07, 6.45) is 0.917. The smallest absolute Gasteiger partial charge is 0.312 e. The number of benzene rings is 2. The number of amides is 1. The number of ether oxygens (including phenoxy) is 1. The summed E-state index contributed by atoms with van der Waals surface area (Å²) in [7, 11) is 1.61. The van der Waals surface area contributed by atoms with Crippen LogP contribution in [0, 0.1) is 0 Å². The number of hydrogen-bond donors (Lipinski definition) is 1. The van der Waals surface area contributed by atoms with Crippen molar-refractivity contribution in [2.45, 2.75) is 18.8 Å². The molecule has 1 aliphatic heterocycles. The number of hydrogen-bond acceptors (Lipinski definition) is 3. The minimum Gasteiger partial charge on any atom is -0.497 e. The summed E-state index contributed by atoms with van der Waals surface area (Å²) in [4.78, 5) is 25.6. The van der Waals surface area contributed by atoms with E-state index in [9.17, 15) is 14.7 Å². The molecule has 124 valence electrons. The molecule has 0 aromatic heterocycles. The Labute approximate surface area is 140 Å². The zero-order valence-corrected chi connectivity index (χ0v) is 13.4. The Hall–Kier alpha value is -2.82. The van der Waals surface area contributed by atoms with E-state index in [1.165, 1.54) is 0 Å². The molecular weight excluding hydrogens is 306 g/mol. The van der Waals surface area contributed by atoms with Crippen LogP contribution in [0.2, 0.25) is 0 Å². The molecule has 0 aliphatic carbocycles. The lowest BCUT2D eigenvalue weighted by molar-refractivity contribution is -0.138. The summed E-state index contributed by atoms with van der Waals surface area (Å²) in [5.74, 6) is -0.848. The normalized spacial score (nSPS) is 15.9. The zero-order valence-electron chi connectivity index (χ0n) is 13.4. The highest BCUT2D eigenvalue weighted by Gasteiger charge is 2.35. The second-order valence-electron chi connectivity index (χ2n) is 5.81. The van der Waals surface area contributed by atoms with Gasteiger partial charge >= 0.3 is 5.97 Å². The molecule has 0 spiro atoms. The Bertz CT molecular complexity index is 771. The molecule has 3 rings (SSSR count). The molecule has 0 radical (unpaired) electrons. The van der Waals surface area contributed by atoms with Gasteiger partial charge in [0.05, 0.1) is 7.11 Å². The van der Waals surface area contributed by atoms with Crippen LogP contribution in [0.1, 0.15) is 23.5 Å². The number of carbonyl (C=O) groups is 2. The molecule has 24 heavy (non-hydrogen) atoms.